The Morgan fingerprint density at radius 1 is 0.529 bits per heavy atom. The molecule has 1 unspecified atom stereocenters. The second-order valence-electron chi connectivity index (χ2n) is 16.7. The maximum atomic E-state index is 12.5. The van der Waals surface area contributed by atoms with Crippen LogP contribution in [0.5, 0.6) is 0 Å². The summed E-state index contributed by atoms with van der Waals surface area (Å²) < 4.78 is 17.9. The fourth-order valence-electron chi connectivity index (χ4n) is 7.24. The van der Waals surface area contributed by atoms with Gasteiger partial charge < -0.3 is 19.5 Å². The van der Waals surface area contributed by atoms with E-state index >= 15 is 0 Å². The third-order valence-electron chi connectivity index (χ3n) is 10.4. The number of carbonyl (C=O) groups is 1. The van der Waals surface area contributed by atoms with Crippen LogP contribution in [-0.2, 0) is 14.2 Å². The van der Waals surface area contributed by atoms with E-state index in [0.717, 1.165) is 32.3 Å². The van der Waals surface area contributed by atoms with Crippen LogP contribution in [0.25, 0.3) is 0 Å². The van der Waals surface area contributed by atoms with Gasteiger partial charge in [-0.3, -0.25) is 0 Å². The molecule has 1 amide bonds. The molecule has 0 aromatic rings. The second kappa shape index (κ2) is 38.9. The maximum Gasteiger partial charge on any atom is 0.407 e. The van der Waals surface area contributed by atoms with Crippen molar-refractivity contribution in [3.05, 3.63) is 0 Å². The van der Waals surface area contributed by atoms with Crippen LogP contribution in [-0.4, -0.2) is 43.7 Å². The molecule has 0 aromatic carbocycles. The zero-order valence-electron chi connectivity index (χ0n) is 35.7. The van der Waals surface area contributed by atoms with Crippen LogP contribution < -0.4 is 5.32 Å². The molecule has 0 bridgehead atoms. The zero-order valence-corrected chi connectivity index (χ0v) is 35.7. The summed E-state index contributed by atoms with van der Waals surface area (Å²) in [4.78, 5) is 12.5. The van der Waals surface area contributed by atoms with Crippen molar-refractivity contribution >= 4 is 6.09 Å². The average molecular weight is 724 g/mol. The van der Waals surface area contributed by atoms with E-state index in [1.165, 1.54) is 186 Å². The molecule has 0 radical (unpaired) electrons. The monoisotopic (exact) mass is 724 g/mol. The van der Waals surface area contributed by atoms with Gasteiger partial charge in [0.1, 0.15) is 6.61 Å². The van der Waals surface area contributed by atoms with Crippen LogP contribution in [0.2, 0.25) is 0 Å². The molecular weight excluding hydrogens is 631 g/mol. The number of hydrogen-bond donors (Lipinski definition) is 1. The van der Waals surface area contributed by atoms with Gasteiger partial charge in [0.15, 0.2) is 0 Å². The van der Waals surface area contributed by atoms with Gasteiger partial charge in [0.25, 0.3) is 0 Å². The van der Waals surface area contributed by atoms with E-state index < -0.39 is 0 Å². The van der Waals surface area contributed by atoms with Gasteiger partial charge in [-0.05, 0) is 47.0 Å². The Morgan fingerprint density at radius 2 is 0.882 bits per heavy atom. The van der Waals surface area contributed by atoms with E-state index in [1.54, 1.807) is 0 Å². The van der Waals surface area contributed by atoms with E-state index in [1.807, 2.05) is 13.8 Å². The van der Waals surface area contributed by atoms with Gasteiger partial charge in [0, 0.05) is 13.2 Å². The van der Waals surface area contributed by atoms with E-state index in [4.69, 9.17) is 14.2 Å². The number of ether oxygens (including phenoxy) is 3. The van der Waals surface area contributed by atoms with Gasteiger partial charge in [0.05, 0.1) is 17.8 Å². The minimum absolute atomic E-state index is 0.00486. The number of amides is 1. The minimum Gasteiger partial charge on any atom is -0.447 e. The highest BCUT2D eigenvalue weighted by Crippen LogP contribution is 2.18. The van der Waals surface area contributed by atoms with Crippen molar-refractivity contribution in [2.45, 2.75) is 271 Å². The van der Waals surface area contributed by atoms with Gasteiger partial charge >= 0.3 is 6.09 Å². The smallest absolute Gasteiger partial charge is 0.407 e. The Labute approximate surface area is 320 Å². The first-order valence-electron chi connectivity index (χ1n) is 23.0. The molecule has 1 N–H and O–H groups in total. The van der Waals surface area contributed by atoms with Crippen molar-refractivity contribution in [3.63, 3.8) is 0 Å². The molecule has 51 heavy (non-hydrogen) atoms. The summed E-state index contributed by atoms with van der Waals surface area (Å²) in [6.07, 6.45) is 44.1. The lowest BCUT2D eigenvalue weighted by Gasteiger charge is -2.27. The Kier molecular flexibility index (Phi) is 38.3. The van der Waals surface area contributed by atoms with E-state index in [-0.39, 0.29) is 23.9 Å². The lowest BCUT2D eigenvalue weighted by molar-refractivity contribution is -0.0597. The van der Waals surface area contributed by atoms with Crippen molar-refractivity contribution in [1.29, 1.82) is 0 Å². The van der Waals surface area contributed by atoms with Crippen LogP contribution in [0.3, 0.4) is 0 Å². The van der Waals surface area contributed by atoms with Crippen LogP contribution >= 0.6 is 0 Å². The molecule has 5 heteroatoms. The molecule has 0 rings (SSSR count). The number of unbranched alkanes of at least 4 members (excludes halogenated alkanes) is 29. The van der Waals surface area contributed by atoms with Crippen LogP contribution in [0.4, 0.5) is 4.79 Å². The number of alkyl carbamates (subject to hydrolysis) is 1. The molecule has 306 valence electrons. The summed E-state index contributed by atoms with van der Waals surface area (Å²) in [5.74, 6) is 0. The molecule has 0 saturated heterocycles. The third-order valence-corrected chi connectivity index (χ3v) is 10.4. The molecule has 0 heterocycles. The van der Waals surface area contributed by atoms with Crippen molar-refractivity contribution in [3.8, 4) is 0 Å². The topological polar surface area (TPSA) is 56.8 Å². The first-order valence-corrected chi connectivity index (χ1v) is 23.0. The second-order valence-corrected chi connectivity index (χ2v) is 16.7. The van der Waals surface area contributed by atoms with Crippen LogP contribution in [0, 0.1) is 0 Å². The first kappa shape index (κ1) is 50.2. The molecule has 0 aliphatic rings. The lowest BCUT2D eigenvalue weighted by Crippen LogP contribution is -2.35. The summed E-state index contributed by atoms with van der Waals surface area (Å²) in [6, 6.07) is 0. The number of carbonyl (C=O) groups excluding carboxylic acids is 1. The van der Waals surface area contributed by atoms with Crippen molar-refractivity contribution in [2.75, 3.05) is 19.8 Å². The van der Waals surface area contributed by atoms with Gasteiger partial charge in [0.2, 0.25) is 0 Å². The molecule has 5 nitrogen and oxygen atoms in total. The SMILES string of the molecule is CCCCCCCCCCCCCCCCCCC(COC(=O)NCCC(C)(C)OC(C)C)OCCCCCCCCCCCCCCCCC. The lowest BCUT2D eigenvalue weighted by atomic mass is 10.0. The fourth-order valence-corrected chi connectivity index (χ4v) is 7.24. The Balaban J connectivity index is 4.11. The maximum absolute atomic E-state index is 12.5. The zero-order chi connectivity index (χ0) is 37.5. The molecule has 0 aromatic heterocycles. The van der Waals surface area contributed by atoms with Crippen LogP contribution in [0.1, 0.15) is 253 Å². The van der Waals surface area contributed by atoms with Gasteiger partial charge in [-0.15, -0.1) is 0 Å². The predicted octanol–water partition coefficient (Wildman–Crippen LogP) is 15.2. The summed E-state index contributed by atoms with van der Waals surface area (Å²) in [5.41, 5.74) is -0.270. The van der Waals surface area contributed by atoms with Crippen molar-refractivity contribution < 1.29 is 19.0 Å². The average Bonchev–Trinajstić information content (AvgIpc) is 3.09. The summed E-state index contributed by atoms with van der Waals surface area (Å²) >= 11 is 0. The summed E-state index contributed by atoms with van der Waals surface area (Å²) in [7, 11) is 0. The highest BCUT2D eigenvalue weighted by molar-refractivity contribution is 5.67. The number of rotatable bonds is 41. The Hall–Kier alpha value is -0.810. The highest BCUT2D eigenvalue weighted by atomic mass is 16.6. The van der Waals surface area contributed by atoms with E-state index in [9.17, 15) is 4.79 Å². The van der Waals surface area contributed by atoms with Crippen molar-refractivity contribution in [1.82, 2.24) is 5.32 Å². The van der Waals surface area contributed by atoms with Crippen molar-refractivity contribution in [2.24, 2.45) is 0 Å². The standard InChI is InChI=1S/C46H93NO4/c1-7-9-11-13-15-17-19-21-23-24-26-28-30-32-34-36-38-44(42-50-45(48)47-40-39-46(5,6)51-43(3)4)49-41-37-35-33-31-29-27-25-22-20-18-16-14-12-10-8-2/h43-44H,7-42H2,1-6H3,(H,47,48). The third kappa shape index (κ3) is 40.2. The molecular formula is C46H93NO4. The highest BCUT2D eigenvalue weighted by Gasteiger charge is 2.20. The van der Waals surface area contributed by atoms with Gasteiger partial charge in [-0.1, -0.05) is 206 Å². The largest absolute Gasteiger partial charge is 0.447 e. The Bertz CT molecular complexity index is 661. The van der Waals surface area contributed by atoms with Gasteiger partial charge in [-0.25, -0.2) is 4.79 Å². The molecule has 0 fully saturated rings. The minimum atomic E-state index is -0.345. The quantitative estimate of drug-likeness (QED) is 0.0638. The Morgan fingerprint density at radius 3 is 1.25 bits per heavy atom. The number of hydrogen-bond acceptors (Lipinski definition) is 4. The molecule has 0 aliphatic heterocycles. The van der Waals surface area contributed by atoms with E-state index in [2.05, 4.69) is 33.0 Å². The van der Waals surface area contributed by atoms with E-state index in [0.29, 0.717) is 13.2 Å². The van der Waals surface area contributed by atoms with Gasteiger partial charge in [-0.2, -0.15) is 0 Å². The molecule has 0 spiro atoms. The summed E-state index contributed by atoms with van der Waals surface area (Å²) in [6.45, 7) is 14.5. The molecule has 1 atom stereocenters. The normalized spacial score (nSPS) is 12.5. The van der Waals surface area contributed by atoms with Crippen LogP contribution in [0.15, 0.2) is 0 Å². The first-order chi connectivity index (χ1) is 24.8. The molecule has 0 saturated carbocycles. The fraction of sp³-hybridized carbons (Fsp3) is 0.978. The summed E-state index contributed by atoms with van der Waals surface area (Å²) in [5, 5.41) is 2.92. The predicted molar refractivity (Wildman–Crippen MR) is 223 cm³/mol. The number of nitrogens with one attached hydrogen (secondary N) is 1. The molecule has 0 aliphatic carbocycles.